The van der Waals surface area contributed by atoms with E-state index in [1.807, 2.05) is 0 Å². The molecule has 1 aromatic rings. The van der Waals surface area contributed by atoms with Crippen LogP contribution in [0.3, 0.4) is 0 Å². The summed E-state index contributed by atoms with van der Waals surface area (Å²) in [5.74, 6) is -0.0914. The molecule has 1 N–H and O–H groups in total. The number of non-ortho nitro benzene ring substituents is 1. The summed E-state index contributed by atoms with van der Waals surface area (Å²) in [7, 11) is 0. The number of carbonyl (C=O) groups is 1. The quantitative estimate of drug-likeness (QED) is 0.139. The van der Waals surface area contributed by atoms with Crippen LogP contribution in [0.2, 0.25) is 0 Å². The second-order valence-electron chi connectivity index (χ2n) is 7.63. The van der Waals surface area contributed by atoms with Crippen LogP contribution < -0.4 is 5.43 Å². The number of nitrogens with one attached hydrogen (secondary N) is 1. The van der Waals surface area contributed by atoms with Gasteiger partial charge < -0.3 is 0 Å². The summed E-state index contributed by atoms with van der Waals surface area (Å²) >= 11 is 0. The molecule has 1 rings (SSSR count). The molecule has 0 aliphatic heterocycles. The molecule has 0 aliphatic carbocycles. The van der Waals surface area contributed by atoms with Crippen LogP contribution in [-0.4, -0.2) is 17.0 Å². The summed E-state index contributed by atoms with van der Waals surface area (Å²) < 4.78 is 0. The third kappa shape index (κ3) is 13.6. The smallest absolute Gasteiger partial charge is 0.269 e. The van der Waals surface area contributed by atoms with E-state index in [2.05, 4.69) is 17.5 Å². The van der Waals surface area contributed by atoms with Crippen molar-refractivity contribution in [1.29, 1.82) is 0 Å². The summed E-state index contributed by atoms with van der Waals surface area (Å²) in [6, 6.07) is 6.02. The molecule has 0 atom stereocenters. The largest absolute Gasteiger partial charge is 0.273 e. The van der Waals surface area contributed by atoms with Crippen molar-refractivity contribution in [2.75, 3.05) is 0 Å². The monoisotopic (exact) mass is 403 g/mol. The molecule has 0 fully saturated rings. The van der Waals surface area contributed by atoms with Gasteiger partial charge in [0.05, 0.1) is 11.1 Å². The molecule has 0 spiro atoms. The molecule has 0 heterocycles. The molecule has 1 amide bonds. The Bertz CT molecular complexity index is 600. The molecule has 29 heavy (non-hydrogen) atoms. The number of nitro groups is 1. The molecule has 6 heteroatoms. The fourth-order valence-electron chi connectivity index (χ4n) is 3.22. The molecule has 0 saturated carbocycles. The molecular weight excluding hydrogens is 366 g/mol. The number of hydrazone groups is 1. The molecule has 0 bridgehead atoms. The summed E-state index contributed by atoms with van der Waals surface area (Å²) in [5, 5.41) is 14.5. The minimum absolute atomic E-state index is 0.0357. The molecule has 6 nitrogen and oxygen atoms in total. The number of amides is 1. The molecule has 0 saturated heterocycles. The highest BCUT2D eigenvalue weighted by Crippen LogP contribution is 2.13. The third-order valence-electron chi connectivity index (χ3n) is 5.01. The fourth-order valence-corrected chi connectivity index (χ4v) is 3.22. The normalized spacial score (nSPS) is 11.1. The lowest BCUT2D eigenvalue weighted by Gasteiger charge is -2.03. The van der Waals surface area contributed by atoms with Gasteiger partial charge in [-0.15, -0.1) is 0 Å². The van der Waals surface area contributed by atoms with Gasteiger partial charge in [-0.25, -0.2) is 5.43 Å². The summed E-state index contributed by atoms with van der Waals surface area (Å²) in [6.45, 7) is 2.25. The zero-order valence-electron chi connectivity index (χ0n) is 17.9. The molecule has 0 unspecified atom stereocenters. The van der Waals surface area contributed by atoms with Crippen molar-refractivity contribution < 1.29 is 9.72 Å². The van der Waals surface area contributed by atoms with E-state index >= 15 is 0 Å². The van der Waals surface area contributed by atoms with Crippen molar-refractivity contribution in [3.8, 4) is 0 Å². The summed E-state index contributed by atoms with van der Waals surface area (Å²) in [4.78, 5) is 21.9. The van der Waals surface area contributed by atoms with Crippen LogP contribution in [0.5, 0.6) is 0 Å². The highest BCUT2D eigenvalue weighted by Gasteiger charge is 2.03. The van der Waals surface area contributed by atoms with E-state index < -0.39 is 4.92 Å². The van der Waals surface area contributed by atoms with Crippen LogP contribution >= 0.6 is 0 Å². The van der Waals surface area contributed by atoms with E-state index in [1.54, 1.807) is 12.1 Å². The Balaban J connectivity index is 1.94. The lowest BCUT2D eigenvalue weighted by atomic mass is 10.0. The third-order valence-corrected chi connectivity index (χ3v) is 5.01. The predicted octanol–water partition coefficient (Wildman–Crippen LogP) is 6.53. The van der Waals surface area contributed by atoms with Crippen LogP contribution in [0, 0.1) is 10.1 Å². The van der Waals surface area contributed by atoms with Crippen LogP contribution in [0.4, 0.5) is 5.69 Å². The van der Waals surface area contributed by atoms with Gasteiger partial charge >= 0.3 is 0 Å². The zero-order valence-corrected chi connectivity index (χ0v) is 17.9. The fraction of sp³-hybridized carbons (Fsp3) is 0.652. The van der Waals surface area contributed by atoms with E-state index in [1.165, 1.54) is 89.0 Å². The van der Waals surface area contributed by atoms with Gasteiger partial charge in [0.2, 0.25) is 5.91 Å². The van der Waals surface area contributed by atoms with Crippen LogP contribution in [0.1, 0.15) is 102 Å². The molecule has 0 aliphatic rings. The number of hydrogen-bond acceptors (Lipinski definition) is 4. The minimum Gasteiger partial charge on any atom is -0.273 e. The molecule has 0 radical (unpaired) electrons. The maximum absolute atomic E-state index is 11.8. The number of hydrogen-bond donors (Lipinski definition) is 1. The van der Waals surface area contributed by atoms with Crippen molar-refractivity contribution in [3.05, 3.63) is 39.9 Å². The first kappa shape index (κ1) is 24.8. The number of carbonyl (C=O) groups excluding carboxylic acids is 1. The maximum Gasteiger partial charge on any atom is 0.269 e. The first-order valence-corrected chi connectivity index (χ1v) is 11.2. The SMILES string of the molecule is CCCCCCCCCCCCCCCC(=O)N/N=C/c1ccc([N+](=O)[O-])cc1. The number of nitro benzene ring substituents is 1. The highest BCUT2D eigenvalue weighted by molar-refractivity contribution is 5.82. The van der Waals surface area contributed by atoms with Crippen molar-refractivity contribution in [2.24, 2.45) is 5.10 Å². The maximum atomic E-state index is 11.8. The average molecular weight is 404 g/mol. The first-order chi connectivity index (χ1) is 14.1. The number of nitrogens with zero attached hydrogens (tertiary/aromatic N) is 2. The van der Waals surface area contributed by atoms with Gasteiger partial charge in [0.25, 0.3) is 5.69 Å². The van der Waals surface area contributed by atoms with Crippen LogP contribution in [0.15, 0.2) is 29.4 Å². The van der Waals surface area contributed by atoms with Crippen molar-refractivity contribution in [1.82, 2.24) is 5.43 Å². The summed E-state index contributed by atoms with van der Waals surface area (Å²) in [6.07, 6.45) is 18.7. The standard InChI is InChI=1S/C23H37N3O3/c1-2-3-4-5-6-7-8-9-10-11-12-13-14-15-23(27)25-24-20-21-16-18-22(19-17-21)26(28)29/h16-20H,2-15H2,1H3,(H,25,27)/b24-20+. The van der Waals surface area contributed by atoms with E-state index in [-0.39, 0.29) is 11.6 Å². The number of rotatable bonds is 17. The Labute approximate surface area is 175 Å². The lowest BCUT2D eigenvalue weighted by Crippen LogP contribution is -2.16. The van der Waals surface area contributed by atoms with Crippen molar-refractivity contribution in [3.63, 3.8) is 0 Å². The van der Waals surface area contributed by atoms with E-state index in [4.69, 9.17) is 0 Å². The van der Waals surface area contributed by atoms with Crippen LogP contribution in [-0.2, 0) is 4.79 Å². The van der Waals surface area contributed by atoms with E-state index in [0.29, 0.717) is 12.0 Å². The van der Waals surface area contributed by atoms with Crippen molar-refractivity contribution in [2.45, 2.75) is 96.8 Å². The highest BCUT2D eigenvalue weighted by atomic mass is 16.6. The van der Waals surface area contributed by atoms with Gasteiger partial charge in [0.1, 0.15) is 0 Å². The summed E-state index contributed by atoms with van der Waals surface area (Å²) in [5.41, 5.74) is 3.25. The van der Waals surface area contributed by atoms with Gasteiger partial charge in [0.15, 0.2) is 0 Å². The molecule has 1 aromatic carbocycles. The Kier molecular flexibility index (Phi) is 14.3. The average Bonchev–Trinajstić information content (AvgIpc) is 2.72. The Morgan fingerprint density at radius 1 is 0.897 bits per heavy atom. The van der Waals surface area contributed by atoms with Crippen molar-refractivity contribution >= 4 is 17.8 Å². The van der Waals surface area contributed by atoms with Gasteiger partial charge in [-0.2, -0.15) is 5.10 Å². The second kappa shape index (κ2) is 16.7. The Morgan fingerprint density at radius 3 is 1.86 bits per heavy atom. The van der Waals surface area contributed by atoms with Gasteiger partial charge in [-0.05, 0) is 24.1 Å². The molecule has 0 aromatic heterocycles. The van der Waals surface area contributed by atoms with Gasteiger partial charge in [0, 0.05) is 18.6 Å². The van der Waals surface area contributed by atoms with Crippen LogP contribution in [0.25, 0.3) is 0 Å². The van der Waals surface area contributed by atoms with Gasteiger partial charge in [-0.3, -0.25) is 14.9 Å². The van der Waals surface area contributed by atoms with Gasteiger partial charge in [-0.1, -0.05) is 84.0 Å². The zero-order chi connectivity index (χ0) is 21.2. The minimum atomic E-state index is -0.446. The van der Waals surface area contributed by atoms with E-state index in [0.717, 1.165) is 12.8 Å². The Morgan fingerprint density at radius 2 is 1.38 bits per heavy atom. The predicted molar refractivity (Wildman–Crippen MR) is 119 cm³/mol. The lowest BCUT2D eigenvalue weighted by molar-refractivity contribution is -0.384. The van der Waals surface area contributed by atoms with E-state index in [9.17, 15) is 14.9 Å². The number of unbranched alkanes of at least 4 members (excludes halogenated alkanes) is 12. The number of benzene rings is 1. The topological polar surface area (TPSA) is 84.6 Å². The first-order valence-electron chi connectivity index (χ1n) is 11.2. The Hall–Kier alpha value is -2.24. The molecular formula is C23H37N3O3. The molecule has 162 valence electrons. The second-order valence-corrected chi connectivity index (χ2v) is 7.63.